The van der Waals surface area contributed by atoms with E-state index >= 15 is 0 Å². The van der Waals surface area contributed by atoms with Crippen LogP contribution in [-0.2, 0) is 6.54 Å². The van der Waals surface area contributed by atoms with E-state index in [1.165, 1.54) is 6.07 Å². The lowest BCUT2D eigenvalue weighted by Gasteiger charge is -2.16. The lowest BCUT2D eigenvalue weighted by Crippen LogP contribution is -2.19. The Morgan fingerprint density at radius 3 is 2.77 bits per heavy atom. The van der Waals surface area contributed by atoms with E-state index in [-0.39, 0.29) is 31.2 Å². The molecule has 0 aliphatic carbocycles. The highest BCUT2D eigenvalue weighted by molar-refractivity contribution is 7.71. The Morgan fingerprint density at radius 2 is 2.09 bits per heavy atom. The number of nitrogens with zero attached hydrogens (tertiary/aromatic N) is 1. The SMILES string of the molecule is Cl.NCCn1c(-c2ccccc2OCCO)cc(=O)[nH]c1=S. The number of rotatable bonds is 6. The van der Waals surface area contributed by atoms with Crippen molar-refractivity contribution in [2.24, 2.45) is 5.73 Å². The number of nitrogens with one attached hydrogen (secondary N) is 1. The molecule has 0 atom stereocenters. The second-order valence-corrected chi connectivity index (χ2v) is 4.72. The van der Waals surface area contributed by atoms with E-state index in [2.05, 4.69) is 4.98 Å². The Bertz CT molecular complexity index is 730. The van der Waals surface area contributed by atoms with Gasteiger partial charge in [-0.25, -0.2) is 0 Å². The number of aromatic amines is 1. The molecule has 0 radical (unpaired) electrons. The minimum Gasteiger partial charge on any atom is -0.490 e. The molecule has 22 heavy (non-hydrogen) atoms. The molecule has 0 aliphatic rings. The number of aromatic nitrogens is 2. The zero-order chi connectivity index (χ0) is 15.2. The van der Waals surface area contributed by atoms with Gasteiger partial charge in [0, 0.05) is 24.7 Å². The molecule has 0 fully saturated rings. The maximum absolute atomic E-state index is 11.7. The molecule has 0 saturated carbocycles. The average molecular weight is 344 g/mol. The van der Waals surface area contributed by atoms with E-state index < -0.39 is 0 Å². The molecule has 2 rings (SSSR count). The maximum Gasteiger partial charge on any atom is 0.252 e. The Labute approximate surface area is 139 Å². The van der Waals surface area contributed by atoms with Crippen LogP contribution in [0.25, 0.3) is 11.3 Å². The summed E-state index contributed by atoms with van der Waals surface area (Å²) >= 11 is 5.19. The van der Waals surface area contributed by atoms with Gasteiger partial charge < -0.3 is 20.1 Å². The van der Waals surface area contributed by atoms with Crippen LogP contribution < -0.4 is 16.0 Å². The Hall–Kier alpha value is -1.67. The Balaban J connectivity index is 0.00000242. The molecule has 0 spiro atoms. The molecule has 4 N–H and O–H groups in total. The summed E-state index contributed by atoms with van der Waals surface area (Å²) in [5.41, 5.74) is 6.71. The second-order valence-electron chi connectivity index (χ2n) is 4.33. The molecule has 1 aromatic heterocycles. The number of nitrogens with two attached hydrogens (primary N) is 1. The van der Waals surface area contributed by atoms with E-state index in [9.17, 15) is 4.79 Å². The van der Waals surface area contributed by atoms with Crippen LogP contribution in [0.5, 0.6) is 5.75 Å². The summed E-state index contributed by atoms with van der Waals surface area (Å²) in [5, 5.41) is 8.90. The number of halogens is 1. The molecule has 1 heterocycles. The van der Waals surface area contributed by atoms with Gasteiger partial charge in [-0.3, -0.25) is 9.78 Å². The van der Waals surface area contributed by atoms with Gasteiger partial charge in [0.25, 0.3) is 5.56 Å². The van der Waals surface area contributed by atoms with Crippen LogP contribution in [0, 0.1) is 4.77 Å². The number of para-hydroxylation sites is 1. The van der Waals surface area contributed by atoms with Crippen molar-refractivity contribution < 1.29 is 9.84 Å². The molecule has 0 amide bonds. The summed E-state index contributed by atoms with van der Waals surface area (Å²) in [7, 11) is 0. The van der Waals surface area contributed by atoms with Crippen molar-refractivity contribution in [3.05, 3.63) is 45.5 Å². The Kier molecular flexibility index (Phi) is 7.26. The highest BCUT2D eigenvalue weighted by atomic mass is 35.5. The van der Waals surface area contributed by atoms with Gasteiger partial charge in [-0.05, 0) is 24.4 Å². The van der Waals surface area contributed by atoms with Gasteiger partial charge in [-0.1, -0.05) is 12.1 Å². The maximum atomic E-state index is 11.7. The topological polar surface area (TPSA) is 93.3 Å². The first-order valence-corrected chi connectivity index (χ1v) is 6.95. The molecule has 1 aromatic carbocycles. The summed E-state index contributed by atoms with van der Waals surface area (Å²) in [6.07, 6.45) is 0. The van der Waals surface area contributed by atoms with E-state index in [1.54, 1.807) is 10.6 Å². The van der Waals surface area contributed by atoms with Crippen molar-refractivity contribution in [1.29, 1.82) is 0 Å². The molecule has 0 aliphatic heterocycles. The summed E-state index contributed by atoms with van der Waals surface area (Å²) in [5.74, 6) is 0.581. The minimum atomic E-state index is -0.278. The van der Waals surface area contributed by atoms with Crippen molar-refractivity contribution in [1.82, 2.24) is 9.55 Å². The lowest BCUT2D eigenvalue weighted by atomic mass is 10.1. The van der Waals surface area contributed by atoms with Crippen LogP contribution in [0.1, 0.15) is 0 Å². The molecule has 120 valence electrons. The number of aliphatic hydroxyl groups excluding tert-OH is 1. The fourth-order valence-electron chi connectivity index (χ4n) is 2.05. The van der Waals surface area contributed by atoms with Gasteiger partial charge in [-0.2, -0.15) is 0 Å². The fraction of sp³-hybridized carbons (Fsp3) is 0.286. The van der Waals surface area contributed by atoms with Crippen molar-refractivity contribution >= 4 is 24.6 Å². The van der Waals surface area contributed by atoms with Crippen LogP contribution in [0.15, 0.2) is 35.1 Å². The van der Waals surface area contributed by atoms with Crippen molar-refractivity contribution in [3.8, 4) is 17.0 Å². The van der Waals surface area contributed by atoms with Gasteiger partial charge in [0.2, 0.25) is 0 Å². The first kappa shape index (κ1) is 18.4. The fourth-order valence-corrected chi connectivity index (χ4v) is 2.34. The highest BCUT2D eigenvalue weighted by Gasteiger charge is 2.11. The molecule has 0 saturated heterocycles. The highest BCUT2D eigenvalue weighted by Crippen LogP contribution is 2.29. The molecular weight excluding hydrogens is 326 g/mol. The van der Waals surface area contributed by atoms with Crippen molar-refractivity contribution in [3.63, 3.8) is 0 Å². The lowest BCUT2D eigenvalue weighted by molar-refractivity contribution is 0.202. The molecule has 2 aromatic rings. The van der Waals surface area contributed by atoms with E-state index in [1.807, 2.05) is 18.2 Å². The van der Waals surface area contributed by atoms with E-state index in [0.717, 1.165) is 5.56 Å². The Morgan fingerprint density at radius 1 is 1.36 bits per heavy atom. The number of H-pyrrole nitrogens is 1. The van der Waals surface area contributed by atoms with Crippen LogP contribution in [0.2, 0.25) is 0 Å². The normalized spacial score (nSPS) is 10.1. The van der Waals surface area contributed by atoms with Gasteiger partial charge >= 0.3 is 0 Å². The third kappa shape index (κ3) is 4.17. The van der Waals surface area contributed by atoms with Crippen molar-refractivity contribution in [2.45, 2.75) is 6.54 Å². The molecular formula is C14H18ClN3O3S. The number of benzene rings is 1. The van der Waals surface area contributed by atoms with Crippen LogP contribution in [0.4, 0.5) is 0 Å². The molecule has 0 bridgehead atoms. The number of aliphatic hydroxyl groups is 1. The summed E-state index contributed by atoms with van der Waals surface area (Å²) in [6.45, 7) is 0.975. The number of ether oxygens (including phenoxy) is 1. The van der Waals surface area contributed by atoms with Crippen molar-refractivity contribution in [2.75, 3.05) is 19.8 Å². The number of hydrogen-bond acceptors (Lipinski definition) is 5. The number of hydrogen-bond donors (Lipinski definition) is 3. The summed E-state index contributed by atoms with van der Waals surface area (Å²) in [4.78, 5) is 14.3. The minimum absolute atomic E-state index is 0. The van der Waals surface area contributed by atoms with E-state index in [4.69, 9.17) is 27.8 Å². The largest absolute Gasteiger partial charge is 0.490 e. The van der Waals surface area contributed by atoms with Gasteiger partial charge in [0.05, 0.1) is 12.3 Å². The van der Waals surface area contributed by atoms with Gasteiger partial charge in [0.15, 0.2) is 4.77 Å². The second kappa shape index (κ2) is 8.70. The first-order valence-electron chi connectivity index (χ1n) is 6.54. The quantitative estimate of drug-likeness (QED) is 0.688. The van der Waals surface area contributed by atoms with Gasteiger partial charge in [-0.15, -0.1) is 12.4 Å². The van der Waals surface area contributed by atoms with Crippen LogP contribution in [0.3, 0.4) is 0 Å². The third-order valence-electron chi connectivity index (χ3n) is 2.90. The molecule has 6 nitrogen and oxygen atoms in total. The van der Waals surface area contributed by atoms with Gasteiger partial charge in [0.1, 0.15) is 12.4 Å². The molecule has 8 heteroatoms. The zero-order valence-electron chi connectivity index (χ0n) is 11.8. The first-order chi connectivity index (χ1) is 10.2. The third-order valence-corrected chi connectivity index (χ3v) is 3.22. The zero-order valence-corrected chi connectivity index (χ0v) is 13.5. The standard InChI is InChI=1S/C14H17N3O3S.ClH/c15-5-6-17-11(9-13(19)16-14(17)21)10-3-1-2-4-12(10)20-8-7-18;/h1-4,9,18H,5-8,15H2,(H,16,19,21);1H. The summed E-state index contributed by atoms with van der Waals surface area (Å²) < 4.78 is 7.59. The van der Waals surface area contributed by atoms with Crippen LogP contribution >= 0.6 is 24.6 Å². The molecule has 0 unspecified atom stereocenters. The predicted molar refractivity (Wildman–Crippen MR) is 90.2 cm³/mol. The van der Waals surface area contributed by atoms with Crippen LogP contribution in [-0.4, -0.2) is 34.4 Å². The average Bonchev–Trinajstić information content (AvgIpc) is 2.48. The summed E-state index contributed by atoms with van der Waals surface area (Å²) in [6, 6.07) is 8.75. The van der Waals surface area contributed by atoms with E-state index in [0.29, 0.717) is 29.3 Å². The predicted octanol–water partition coefficient (Wildman–Crippen LogP) is 1.32. The smallest absolute Gasteiger partial charge is 0.252 e. The monoisotopic (exact) mass is 343 g/mol.